The van der Waals surface area contributed by atoms with Crippen LogP contribution in [-0.2, 0) is 9.53 Å². The van der Waals surface area contributed by atoms with Crippen LogP contribution in [0.2, 0.25) is 0 Å². The topological polar surface area (TPSA) is 53.6 Å². The van der Waals surface area contributed by atoms with Crippen LogP contribution in [0.3, 0.4) is 0 Å². The molecule has 2 aliphatic heterocycles. The first-order valence-corrected chi connectivity index (χ1v) is 7.00. The van der Waals surface area contributed by atoms with Gasteiger partial charge in [0.2, 0.25) is 5.91 Å². The molecular weight excluding hydrogens is 230 g/mol. The highest BCUT2D eigenvalue weighted by Gasteiger charge is 2.23. The van der Waals surface area contributed by atoms with Gasteiger partial charge in [-0.1, -0.05) is 0 Å². The summed E-state index contributed by atoms with van der Waals surface area (Å²) >= 11 is 0. The zero-order valence-corrected chi connectivity index (χ0v) is 11.4. The fourth-order valence-corrected chi connectivity index (χ4v) is 2.86. The Kier molecular flexibility index (Phi) is 4.97. The fourth-order valence-electron chi connectivity index (χ4n) is 2.86. The highest BCUT2D eigenvalue weighted by Crippen LogP contribution is 2.10. The molecule has 0 bridgehead atoms. The van der Waals surface area contributed by atoms with Gasteiger partial charge in [0, 0.05) is 38.3 Å². The number of carbonyl (C=O) groups is 1. The molecule has 0 radical (unpaired) electrons. The first-order chi connectivity index (χ1) is 8.63. The van der Waals surface area contributed by atoms with E-state index in [9.17, 15) is 4.79 Å². The van der Waals surface area contributed by atoms with Crippen molar-refractivity contribution < 1.29 is 9.53 Å². The van der Waals surface area contributed by atoms with Crippen molar-refractivity contribution in [2.45, 2.75) is 44.9 Å². The second-order valence-corrected chi connectivity index (χ2v) is 5.60. The average molecular weight is 255 g/mol. The van der Waals surface area contributed by atoms with Gasteiger partial charge in [-0.15, -0.1) is 0 Å². The predicted molar refractivity (Wildman–Crippen MR) is 70.5 cm³/mol. The Balaban J connectivity index is 1.66. The first-order valence-electron chi connectivity index (χ1n) is 7.00. The number of nitrogens with zero attached hydrogens (tertiary/aromatic N) is 1. The van der Waals surface area contributed by atoms with E-state index in [1.807, 2.05) is 0 Å². The third kappa shape index (κ3) is 4.23. The maximum Gasteiger partial charge on any atom is 0.234 e. The van der Waals surface area contributed by atoms with E-state index in [4.69, 9.17) is 4.74 Å². The number of ether oxygens (including phenoxy) is 1. The van der Waals surface area contributed by atoms with Crippen molar-refractivity contribution in [3.63, 3.8) is 0 Å². The summed E-state index contributed by atoms with van der Waals surface area (Å²) in [6, 6.07) is 0.916. The molecule has 3 unspecified atom stereocenters. The Bertz CT molecular complexity index is 269. The molecule has 0 aromatic rings. The zero-order chi connectivity index (χ0) is 13.0. The van der Waals surface area contributed by atoms with E-state index in [0.717, 1.165) is 32.5 Å². The molecule has 1 amide bonds. The zero-order valence-electron chi connectivity index (χ0n) is 11.4. The molecule has 0 aliphatic carbocycles. The molecule has 5 nitrogen and oxygen atoms in total. The van der Waals surface area contributed by atoms with Crippen LogP contribution in [0.15, 0.2) is 0 Å². The summed E-state index contributed by atoms with van der Waals surface area (Å²) in [6.07, 6.45) is 2.42. The van der Waals surface area contributed by atoms with E-state index in [1.54, 1.807) is 0 Å². The minimum Gasteiger partial charge on any atom is -0.376 e. The second-order valence-electron chi connectivity index (χ2n) is 5.60. The number of hydrogen-bond acceptors (Lipinski definition) is 4. The van der Waals surface area contributed by atoms with Crippen LogP contribution in [-0.4, -0.2) is 61.8 Å². The molecule has 0 aromatic heterocycles. The third-order valence-corrected chi connectivity index (χ3v) is 3.55. The Morgan fingerprint density at radius 1 is 1.39 bits per heavy atom. The normalized spacial score (nSPS) is 33.6. The van der Waals surface area contributed by atoms with Crippen LogP contribution in [0.25, 0.3) is 0 Å². The van der Waals surface area contributed by atoms with Gasteiger partial charge in [0.1, 0.15) is 0 Å². The molecule has 2 heterocycles. The number of rotatable bonds is 4. The van der Waals surface area contributed by atoms with E-state index in [0.29, 0.717) is 25.2 Å². The van der Waals surface area contributed by atoms with E-state index in [1.165, 1.54) is 0 Å². The Labute approximate surface area is 109 Å². The standard InChI is InChI=1S/C13H25N3O2/c1-10-7-16(8-11(2)15-10)9-13(17)14-6-12-4-3-5-18-12/h10-12,15H,3-9H2,1-2H3,(H,14,17). The molecule has 0 spiro atoms. The lowest BCUT2D eigenvalue weighted by atomic mass is 10.1. The summed E-state index contributed by atoms with van der Waals surface area (Å²) in [5, 5.41) is 6.44. The molecule has 2 fully saturated rings. The van der Waals surface area contributed by atoms with Gasteiger partial charge in [-0.05, 0) is 26.7 Å². The maximum absolute atomic E-state index is 11.9. The molecule has 2 N–H and O–H groups in total. The lowest BCUT2D eigenvalue weighted by Gasteiger charge is -2.35. The van der Waals surface area contributed by atoms with Crippen molar-refractivity contribution in [1.82, 2.24) is 15.5 Å². The van der Waals surface area contributed by atoms with Gasteiger partial charge in [-0.3, -0.25) is 9.69 Å². The number of piperazine rings is 1. The molecule has 2 saturated heterocycles. The van der Waals surface area contributed by atoms with Crippen molar-refractivity contribution in [3.05, 3.63) is 0 Å². The molecule has 5 heteroatoms. The maximum atomic E-state index is 11.9. The molecule has 0 saturated carbocycles. The van der Waals surface area contributed by atoms with Gasteiger partial charge in [0.05, 0.1) is 12.6 Å². The lowest BCUT2D eigenvalue weighted by Crippen LogP contribution is -2.56. The predicted octanol–water partition coefficient (Wildman–Crippen LogP) is -0.0362. The van der Waals surface area contributed by atoms with Crippen LogP contribution in [0, 0.1) is 0 Å². The quantitative estimate of drug-likeness (QED) is 0.740. The molecule has 0 aromatic carbocycles. The molecule has 2 aliphatic rings. The lowest BCUT2D eigenvalue weighted by molar-refractivity contribution is -0.123. The van der Waals surface area contributed by atoms with Gasteiger partial charge in [-0.2, -0.15) is 0 Å². The van der Waals surface area contributed by atoms with Crippen molar-refractivity contribution in [1.29, 1.82) is 0 Å². The monoisotopic (exact) mass is 255 g/mol. The van der Waals surface area contributed by atoms with E-state index in [-0.39, 0.29) is 12.0 Å². The van der Waals surface area contributed by atoms with Gasteiger partial charge in [0.25, 0.3) is 0 Å². The van der Waals surface area contributed by atoms with E-state index in [2.05, 4.69) is 29.4 Å². The first kappa shape index (κ1) is 13.8. The average Bonchev–Trinajstić information content (AvgIpc) is 2.77. The van der Waals surface area contributed by atoms with Gasteiger partial charge >= 0.3 is 0 Å². The molecule has 2 rings (SSSR count). The minimum absolute atomic E-state index is 0.117. The smallest absolute Gasteiger partial charge is 0.234 e. The number of carbonyl (C=O) groups excluding carboxylic acids is 1. The minimum atomic E-state index is 0.117. The summed E-state index contributed by atoms with van der Waals surface area (Å²) in [6.45, 7) is 8.21. The largest absolute Gasteiger partial charge is 0.376 e. The summed E-state index contributed by atoms with van der Waals surface area (Å²) in [7, 11) is 0. The number of amides is 1. The molecule has 3 atom stereocenters. The summed E-state index contributed by atoms with van der Waals surface area (Å²) in [4.78, 5) is 14.1. The number of hydrogen-bond donors (Lipinski definition) is 2. The molecule has 18 heavy (non-hydrogen) atoms. The summed E-state index contributed by atoms with van der Waals surface area (Å²) in [5.41, 5.74) is 0. The Morgan fingerprint density at radius 2 is 2.11 bits per heavy atom. The van der Waals surface area contributed by atoms with Crippen molar-refractivity contribution in [2.75, 3.05) is 32.8 Å². The van der Waals surface area contributed by atoms with Crippen LogP contribution in [0.1, 0.15) is 26.7 Å². The van der Waals surface area contributed by atoms with Gasteiger partial charge in [-0.25, -0.2) is 0 Å². The SMILES string of the molecule is CC1CN(CC(=O)NCC2CCCO2)CC(C)N1. The van der Waals surface area contributed by atoms with Crippen LogP contribution in [0.4, 0.5) is 0 Å². The summed E-state index contributed by atoms with van der Waals surface area (Å²) in [5.74, 6) is 0.117. The Hall–Kier alpha value is -0.650. The second kappa shape index (κ2) is 6.50. The Morgan fingerprint density at radius 3 is 2.72 bits per heavy atom. The van der Waals surface area contributed by atoms with Crippen LogP contribution in [0.5, 0.6) is 0 Å². The van der Waals surface area contributed by atoms with Crippen LogP contribution >= 0.6 is 0 Å². The highest BCUT2D eigenvalue weighted by molar-refractivity contribution is 5.78. The molecule has 104 valence electrons. The van der Waals surface area contributed by atoms with Crippen LogP contribution < -0.4 is 10.6 Å². The fraction of sp³-hybridized carbons (Fsp3) is 0.923. The summed E-state index contributed by atoms with van der Waals surface area (Å²) < 4.78 is 5.49. The number of nitrogens with one attached hydrogen (secondary N) is 2. The van der Waals surface area contributed by atoms with E-state index >= 15 is 0 Å². The highest BCUT2D eigenvalue weighted by atomic mass is 16.5. The molecular formula is C13H25N3O2. The third-order valence-electron chi connectivity index (χ3n) is 3.55. The van der Waals surface area contributed by atoms with Crippen molar-refractivity contribution in [2.24, 2.45) is 0 Å². The van der Waals surface area contributed by atoms with Gasteiger partial charge in [0.15, 0.2) is 0 Å². The van der Waals surface area contributed by atoms with Crippen molar-refractivity contribution >= 4 is 5.91 Å². The van der Waals surface area contributed by atoms with Crippen molar-refractivity contribution in [3.8, 4) is 0 Å². The van der Waals surface area contributed by atoms with Gasteiger partial charge < -0.3 is 15.4 Å². The van der Waals surface area contributed by atoms with E-state index < -0.39 is 0 Å².